The molecule has 32 heavy (non-hydrogen) atoms. The van der Waals surface area contributed by atoms with E-state index in [-0.39, 0.29) is 17.4 Å². The van der Waals surface area contributed by atoms with E-state index in [4.69, 9.17) is 0 Å². The highest BCUT2D eigenvalue weighted by Gasteiger charge is 2.28. The zero-order valence-corrected chi connectivity index (χ0v) is 18.1. The molecular weight excluding hydrogens is 426 g/mol. The molecule has 0 aliphatic heterocycles. The van der Waals surface area contributed by atoms with Crippen molar-refractivity contribution in [2.75, 3.05) is 0 Å². The molecule has 2 aromatic carbocycles. The first-order valence-electron chi connectivity index (χ1n) is 10.2. The number of fused-ring (bicyclic) bond motifs is 2. The molecule has 1 aliphatic carbocycles. The van der Waals surface area contributed by atoms with Crippen molar-refractivity contribution in [3.05, 3.63) is 92.8 Å². The van der Waals surface area contributed by atoms with Gasteiger partial charge in [-0.15, -0.1) is 5.10 Å². The number of nitro groups is 1. The molecule has 2 heterocycles. The van der Waals surface area contributed by atoms with Gasteiger partial charge in [0, 0.05) is 30.5 Å². The first-order valence-corrected chi connectivity index (χ1v) is 11.2. The van der Waals surface area contributed by atoms with Gasteiger partial charge in [-0.3, -0.25) is 14.9 Å². The fourth-order valence-electron chi connectivity index (χ4n) is 3.91. The van der Waals surface area contributed by atoms with Crippen LogP contribution in [0.25, 0.3) is 5.78 Å². The lowest BCUT2D eigenvalue weighted by atomic mass is 9.82. The van der Waals surface area contributed by atoms with E-state index in [9.17, 15) is 14.9 Å². The number of carbonyl (C=O) groups excluding carboxylic acids is 1. The van der Waals surface area contributed by atoms with E-state index in [1.807, 2.05) is 13.0 Å². The number of hydrogen-bond acceptors (Lipinski definition) is 7. The summed E-state index contributed by atoms with van der Waals surface area (Å²) in [5.41, 5.74) is 4.55. The molecule has 160 valence electrons. The number of aromatic nitrogens is 4. The van der Waals surface area contributed by atoms with E-state index in [1.54, 1.807) is 22.8 Å². The predicted molar refractivity (Wildman–Crippen MR) is 120 cm³/mol. The van der Waals surface area contributed by atoms with E-state index >= 15 is 0 Å². The molecule has 0 bridgehead atoms. The Balaban J connectivity index is 1.38. The van der Waals surface area contributed by atoms with Crippen LogP contribution in [0.4, 0.5) is 5.69 Å². The first-order chi connectivity index (χ1) is 15.5. The molecule has 2 aromatic heterocycles. The third kappa shape index (κ3) is 3.99. The van der Waals surface area contributed by atoms with Crippen LogP contribution in [0.1, 0.15) is 45.1 Å². The molecule has 0 saturated carbocycles. The summed E-state index contributed by atoms with van der Waals surface area (Å²) in [7, 11) is 0. The maximum atomic E-state index is 12.8. The smallest absolute Gasteiger partial charge is 0.269 e. The molecule has 0 saturated heterocycles. The number of rotatable bonds is 5. The van der Waals surface area contributed by atoms with Gasteiger partial charge in [-0.25, -0.2) is 9.50 Å². The first kappa shape index (κ1) is 20.3. The summed E-state index contributed by atoms with van der Waals surface area (Å²) < 4.78 is 1.54. The molecule has 4 aromatic rings. The normalized spacial score (nSPS) is 15.7. The van der Waals surface area contributed by atoms with Gasteiger partial charge in [0.2, 0.25) is 5.16 Å². The van der Waals surface area contributed by atoms with Crippen LogP contribution < -0.4 is 0 Å². The standard InChI is InChI=1S/C23H19N5O3S/c1-14-5-7-16(8-6-14)17-10-20-19(21(29)11-17)12-27-22(24-20)25-23(26-27)32-13-15-3-2-4-18(9-15)28(30)31/h2-9,12,17H,10-11,13H2,1H3. The van der Waals surface area contributed by atoms with Crippen LogP contribution in [0.5, 0.6) is 0 Å². The Morgan fingerprint density at radius 1 is 1.16 bits per heavy atom. The van der Waals surface area contributed by atoms with Crippen molar-refractivity contribution >= 4 is 29.0 Å². The molecule has 9 heteroatoms. The minimum atomic E-state index is -0.410. The highest BCUT2D eigenvalue weighted by Crippen LogP contribution is 2.32. The van der Waals surface area contributed by atoms with Crippen molar-refractivity contribution in [1.29, 1.82) is 0 Å². The lowest BCUT2D eigenvalue weighted by Crippen LogP contribution is -2.21. The second-order valence-corrected chi connectivity index (χ2v) is 8.84. The average Bonchev–Trinajstić information content (AvgIpc) is 3.19. The van der Waals surface area contributed by atoms with Crippen molar-refractivity contribution in [1.82, 2.24) is 19.6 Å². The summed E-state index contributed by atoms with van der Waals surface area (Å²) >= 11 is 1.37. The summed E-state index contributed by atoms with van der Waals surface area (Å²) in [6, 6.07) is 14.8. The molecule has 8 nitrogen and oxygen atoms in total. The van der Waals surface area contributed by atoms with Crippen LogP contribution in [0.15, 0.2) is 59.9 Å². The molecule has 0 amide bonds. The van der Waals surface area contributed by atoms with Crippen molar-refractivity contribution < 1.29 is 9.72 Å². The van der Waals surface area contributed by atoms with Gasteiger partial charge >= 0.3 is 0 Å². The largest absolute Gasteiger partial charge is 0.294 e. The van der Waals surface area contributed by atoms with Crippen LogP contribution >= 0.6 is 11.8 Å². The van der Waals surface area contributed by atoms with Gasteiger partial charge in [-0.05, 0) is 30.4 Å². The van der Waals surface area contributed by atoms with Crippen molar-refractivity contribution in [2.45, 2.75) is 36.6 Å². The number of nitro benzene ring substituents is 1. The summed E-state index contributed by atoms with van der Waals surface area (Å²) in [6.07, 6.45) is 2.85. The van der Waals surface area contributed by atoms with Crippen LogP contribution in [0, 0.1) is 17.0 Å². The minimum Gasteiger partial charge on any atom is -0.294 e. The van der Waals surface area contributed by atoms with Gasteiger partial charge in [0.25, 0.3) is 11.5 Å². The van der Waals surface area contributed by atoms with Crippen LogP contribution in [0.2, 0.25) is 0 Å². The fraction of sp³-hybridized carbons (Fsp3) is 0.217. The van der Waals surface area contributed by atoms with Crippen molar-refractivity contribution in [3.8, 4) is 0 Å². The number of hydrogen-bond donors (Lipinski definition) is 0. The Kier molecular flexibility index (Phi) is 5.18. The summed E-state index contributed by atoms with van der Waals surface area (Å²) in [6.45, 7) is 2.04. The molecule has 0 N–H and O–H groups in total. The number of thioether (sulfide) groups is 1. The molecule has 1 atom stereocenters. The topological polar surface area (TPSA) is 103 Å². The highest BCUT2D eigenvalue weighted by atomic mass is 32.2. The molecule has 1 unspecified atom stereocenters. The summed E-state index contributed by atoms with van der Waals surface area (Å²) in [4.78, 5) is 32.5. The molecule has 0 spiro atoms. The third-order valence-electron chi connectivity index (χ3n) is 5.60. The maximum Gasteiger partial charge on any atom is 0.269 e. The Morgan fingerprint density at radius 2 is 1.97 bits per heavy atom. The second-order valence-electron chi connectivity index (χ2n) is 7.89. The number of carbonyl (C=O) groups is 1. The average molecular weight is 446 g/mol. The number of Topliss-reactive ketones (excluding diaryl/α,β-unsaturated/α-hetero) is 1. The lowest BCUT2D eigenvalue weighted by Gasteiger charge is -2.23. The lowest BCUT2D eigenvalue weighted by molar-refractivity contribution is -0.384. The Hall–Kier alpha value is -3.59. The highest BCUT2D eigenvalue weighted by molar-refractivity contribution is 7.98. The SMILES string of the molecule is Cc1ccc(C2CC(=O)c3cn4nc(SCc5cccc([N+](=O)[O-])c5)nc4nc3C2)cc1. The van der Waals surface area contributed by atoms with Gasteiger partial charge in [0.15, 0.2) is 5.78 Å². The fourth-order valence-corrected chi connectivity index (χ4v) is 4.67. The Bertz CT molecular complexity index is 1350. The second kappa shape index (κ2) is 8.16. The predicted octanol–water partition coefficient (Wildman–Crippen LogP) is 4.55. The number of aryl methyl sites for hydroxylation is 1. The zero-order valence-electron chi connectivity index (χ0n) is 17.3. The number of benzene rings is 2. The minimum absolute atomic E-state index is 0.0574. The maximum absolute atomic E-state index is 12.8. The summed E-state index contributed by atoms with van der Waals surface area (Å²) in [5, 5.41) is 15.9. The van der Waals surface area contributed by atoms with Gasteiger partial charge in [0.05, 0.1) is 16.2 Å². The molecule has 5 rings (SSSR count). The number of non-ortho nitro benzene ring substituents is 1. The molecule has 0 radical (unpaired) electrons. The number of ketones is 1. The van der Waals surface area contributed by atoms with Crippen LogP contribution in [-0.2, 0) is 12.2 Å². The van der Waals surface area contributed by atoms with Gasteiger partial charge < -0.3 is 0 Å². The van der Waals surface area contributed by atoms with E-state index in [2.05, 4.69) is 39.3 Å². The van der Waals surface area contributed by atoms with Gasteiger partial charge in [-0.1, -0.05) is 53.7 Å². The van der Waals surface area contributed by atoms with E-state index < -0.39 is 4.92 Å². The Labute approximate surface area is 187 Å². The van der Waals surface area contributed by atoms with Crippen molar-refractivity contribution in [2.24, 2.45) is 0 Å². The summed E-state index contributed by atoms with van der Waals surface area (Å²) in [5.74, 6) is 1.11. The monoisotopic (exact) mass is 445 g/mol. The molecule has 0 fully saturated rings. The van der Waals surface area contributed by atoms with Gasteiger partial charge in [0.1, 0.15) is 0 Å². The van der Waals surface area contributed by atoms with E-state index in [0.29, 0.717) is 35.1 Å². The Morgan fingerprint density at radius 3 is 2.75 bits per heavy atom. The quantitative estimate of drug-likeness (QED) is 0.252. The van der Waals surface area contributed by atoms with Crippen molar-refractivity contribution in [3.63, 3.8) is 0 Å². The number of nitrogens with zero attached hydrogens (tertiary/aromatic N) is 5. The molecule has 1 aliphatic rings. The van der Waals surface area contributed by atoms with E-state index in [1.165, 1.54) is 23.4 Å². The molecular formula is C23H19N5O3S. The van der Waals surface area contributed by atoms with E-state index in [0.717, 1.165) is 16.8 Å². The van der Waals surface area contributed by atoms with Crippen LogP contribution in [0.3, 0.4) is 0 Å². The van der Waals surface area contributed by atoms with Gasteiger partial charge in [-0.2, -0.15) is 4.98 Å². The van der Waals surface area contributed by atoms with Crippen LogP contribution in [-0.4, -0.2) is 30.3 Å². The third-order valence-corrected chi connectivity index (χ3v) is 6.51. The zero-order chi connectivity index (χ0) is 22.2.